The highest BCUT2D eigenvalue weighted by atomic mass is 32.2. The predicted molar refractivity (Wildman–Crippen MR) is 112 cm³/mol. The fourth-order valence-corrected chi connectivity index (χ4v) is 4.43. The molecule has 2 heterocycles. The number of hydrogen-bond donors (Lipinski definition) is 1. The number of nitrogens with one attached hydrogen (secondary N) is 1. The fourth-order valence-electron chi connectivity index (χ4n) is 3.32. The molecular weight excluding hydrogens is 388 g/mol. The number of rotatable bonds is 7. The minimum atomic E-state index is -3.60. The van der Waals surface area contributed by atoms with E-state index in [2.05, 4.69) is 14.6 Å². The molecule has 3 rings (SSSR count). The van der Waals surface area contributed by atoms with Crippen molar-refractivity contribution >= 4 is 15.9 Å². The molecule has 7 nitrogen and oxygen atoms in total. The summed E-state index contributed by atoms with van der Waals surface area (Å²) in [4.78, 5) is 20.8. The third-order valence-electron chi connectivity index (χ3n) is 5.30. The van der Waals surface area contributed by atoms with Crippen molar-refractivity contribution < 1.29 is 13.2 Å². The Kier molecular flexibility index (Phi) is 7.00. The van der Waals surface area contributed by atoms with E-state index in [1.54, 1.807) is 30.6 Å². The second kappa shape index (κ2) is 9.47. The number of aromatic nitrogens is 1. The van der Waals surface area contributed by atoms with Crippen molar-refractivity contribution in [3.8, 4) is 0 Å². The zero-order chi connectivity index (χ0) is 20.9. The molecule has 1 aromatic heterocycles. The quantitative estimate of drug-likeness (QED) is 0.743. The summed E-state index contributed by atoms with van der Waals surface area (Å²) in [5.74, 6) is -0.0173. The Morgan fingerprint density at radius 2 is 1.72 bits per heavy atom. The van der Waals surface area contributed by atoms with Gasteiger partial charge in [-0.2, -0.15) is 0 Å². The summed E-state index contributed by atoms with van der Waals surface area (Å²) < 4.78 is 27.4. The highest BCUT2D eigenvalue weighted by Gasteiger charge is 2.22. The van der Waals surface area contributed by atoms with Gasteiger partial charge in [0, 0.05) is 58.1 Å². The summed E-state index contributed by atoms with van der Waals surface area (Å²) in [6.07, 6.45) is 3.73. The molecule has 0 atom stereocenters. The normalized spacial score (nSPS) is 15.4. The summed E-state index contributed by atoms with van der Waals surface area (Å²) in [5.41, 5.74) is 3.18. The molecule has 1 saturated heterocycles. The molecule has 2 aromatic rings. The number of pyridine rings is 1. The van der Waals surface area contributed by atoms with Gasteiger partial charge in [-0.25, -0.2) is 13.1 Å². The second-order valence-corrected chi connectivity index (χ2v) is 9.17. The molecular formula is C21H28N4O3S. The monoisotopic (exact) mass is 416 g/mol. The molecule has 29 heavy (non-hydrogen) atoms. The van der Waals surface area contributed by atoms with Crippen LogP contribution in [0.15, 0.2) is 47.6 Å². The zero-order valence-electron chi connectivity index (χ0n) is 17.0. The molecule has 8 heteroatoms. The van der Waals surface area contributed by atoms with Gasteiger partial charge in [0.2, 0.25) is 15.9 Å². The van der Waals surface area contributed by atoms with Crippen LogP contribution >= 0.6 is 0 Å². The first-order valence-corrected chi connectivity index (χ1v) is 11.3. The Labute approximate surface area is 172 Å². The van der Waals surface area contributed by atoms with Crippen LogP contribution in [0.4, 0.5) is 0 Å². The van der Waals surface area contributed by atoms with E-state index in [1.807, 2.05) is 30.9 Å². The van der Waals surface area contributed by atoms with Crippen LogP contribution in [0.1, 0.15) is 23.1 Å². The molecule has 0 unspecified atom stereocenters. The van der Waals surface area contributed by atoms with Crippen molar-refractivity contribution in [3.63, 3.8) is 0 Å². The van der Waals surface area contributed by atoms with Gasteiger partial charge in [-0.3, -0.25) is 14.7 Å². The van der Waals surface area contributed by atoms with Crippen molar-refractivity contribution in [2.24, 2.45) is 0 Å². The molecule has 0 aliphatic carbocycles. The number of aryl methyl sites for hydroxylation is 2. The van der Waals surface area contributed by atoms with Crippen LogP contribution in [-0.4, -0.2) is 61.8 Å². The number of hydrogen-bond acceptors (Lipinski definition) is 5. The van der Waals surface area contributed by atoms with Crippen molar-refractivity contribution in [2.75, 3.05) is 32.7 Å². The van der Waals surface area contributed by atoms with E-state index >= 15 is 0 Å². The first-order valence-electron chi connectivity index (χ1n) is 9.81. The van der Waals surface area contributed by atoms with Crippen LogP contribution in [0.5, 0.6) is 0 Å². The summed E-state index contributed by atoms with van der Waals surface area (Å²) >= 11 is 0. The smallest absolute Gasteiger partial charge is 0.240 e. The summed E-state index contributed by atoms with van der Waals surface area (Å²) in [6, 6.07) is 9.04. The minimum Gasteiger partial charge on any atom is -0.340 e. The fraction of sp³-hybridized carbons (Fsp3) is 0.429. The Balaban J connectivity index is 1.43. The molecule has 0 radical (unpaired) electrons. The molecule has 156 valence electrons. The van der Waals surface area contributed by atoms with E-state index in [4.69, 9.17) is 0 Å². The Hall–Kier alpha value is -2.29. The zero-order valence-corrected chi connectivity index (χ0v) is 17.8. The number of piperazine rings is 1. The molecule has 1 aliphatic rings. The third-order valence-corrected chi connectivity index (χ3v) is 6.76. The average molecular weight is 417 g/mol. The number of carbonyl (C=O) groups excluding carboxylic acids is 1. The van der Waals surface area contributed by atoms with Crippen LogP contribution in [0.3, 0.4) is 0 Å². The van der Waals surface area contributed by atoms with Gasteiger partial charge < -0.3 is 4.90 Å². The van der Waals surface area contributed by atoms with Crippen LogP contribution in [0.25, 0.3) is 0 Å². The van der Waals surface area contributed by atoms with E-state index in [0.29, 0.717) is 13.1 Å². The second-order valence-electron chi connectivity index (χ2n) is 7.41. The van der Waals surface area contributed by atoms with E-state index in [1.165, 1.54) is 5.56 Å². The van der Waals surface area contributed by atoms with E-state index in [-0.39, 0.29) is 23.8 Å². The molecule has 1 aromatic carbocycles. The van der Waals surface area contributed by atoms with Gasteiger partial charge in [-0.1, -0.05) is 6.07 Å². The third kappa shape index (κ3) is 5.85. The average Bonchev–Trinajstić information content (AvgIpc) is 2.71. The topological polar surface area (TPSA) is 82.6 Å². The summed E-state index contributed by atoms with van der Waals surface area (Å²) in [7, 11) is -3.60. The van der Waals surface area contributed by atoms with Crippen molar-refractivity contribution in [1.29, 1.82) is 0 Å². The van der Waals surface area contributed by atoms with Crippen LogP contribution in [0.2, 0.25) is 0 Å². The van der Waals surface area contributed by atoms with Gasteiger partial charge in [0.15, 0.2) is 0 Å². The maximum atomic E-state index is 12.4. The first kappa shape index (κ1) is 21.4. The Morgan fingerprint density at radius 1 is 1.03 bits per heavy atom. The van der Waals surface area contributed by atoms with Gasteiger partial charge >= 0.3 is 0 Å². The first-order chi connectivity index (χ1) is 13.8. The van der Waals surface area contributed by atoms with Crippen molar-refractivity contribution in [2.45, 2.75) is 31.7 Å². The number of nitrogens with zero attached hydrogens (tertiary/aromatic N) is 3. The maximum absolute atomic E-state index is 12.4. The highest BCUT2D eigenvalue weighted by Crippen LogP contribution is 2.14. The van der Waals surface area contributed by atoms with Gasteiger partial charge in [0.25, 0.3) is 0 Å². The lowest BCUT2D eigenvalue weighted by atomic mass is 10.1. The van der Waals surface area contributed by atoms with Crippen LogP contribution in [-0.2, 0) is 21.4 Å². The molecule has 0 saturated carbocycles. The van der Waals surface area contributed by atoms with Gasteiger partial charge in [0.05, 0.1) is 4.90 Å². The molecule has 0 spiro atoms. The predicted octanol–water partition coefficient (Wildman–Crippen LogP) is 1.71. The lowest BCUT2D eigenvalue weighted by Crippen LogP contribution is -2.48. The molecule has 1 fully saturated rings. The molecule has 1 N–H and O–H groups in total. The van der Waals surface area contributed by atoms with Gasteiger partial charge in [-0.05, 0) is 54.8 Å². The lowest BCUT2D eigenvalue weighted by molar-refractivity contribution is -0.132. The number of carbonyl (C=O) groups is 1. The summed E-state index contributed by atoms with van der Waals surface area (Å²) in [5, 5.41) is 0. The minimum absolute atomic E-state index is 0.0173. The van der Waals surface area contributed by atoms with Gasteiger partial charge in [0.1, 0.15) is 0 Å². The molecule has 1 amide bonds. The lowest BCUT2D eigenvalue weighted by Gasteiger charge is -2.34. The SMILES string of the molecule is Cc1ccc(S(=O)(=O)NCCC(=O)N2CCN(Cc3ccncc3)CC2)cc1C. The van der Waals surface area contributed by atoms with Gasteiger partial charge in [-0.15, -0.1) is 0 Å². The summed E-state index contributed by atoms with van der Waals surface area (Å²) in [6.45, 7) is 7.71. The Bertz CT molecular complexity index is 940. The van der Waals surface area contributed by atoms with Crippen molar-refractivity contribution in [3.05, 3.63) is 59.4 Å². The van der Waals surface area contributed by atoms with Crippen molar-refractivity contribution in [1.82, 2.24) is 19.5 Å². The maximum Gasteiger partial charge on any atom is 0.240 e. The molecule has 1 aliphatic heterocycles. The molecule has 0 bridgehead atoms. The largest absolute Gasteiger partial charge is 0.340 e. The number of amides is 1. The van der Waals surface area contributed by atoms with E-state index in [9.17, 15) is 13.2 Å². The van der Waals surface area contributed by atoms with E-state index < -0.39 is 10.0 Å². The van der Waals surface area contributed by atoms with Crippen LogP contribution in [0, 0.1) is 13.8 Å². The number of sulfonamides is 1. The number of benzene rings is 1. The highest BCUT2D eigenvalue weighted by molar-refractivity contribution is 7.89. The van der Waals surface area contributed by atoms with Crippen LogP contribution < -0.4 is 4.72 Å². The standard InChI is InChI=1S/C21H28N4O3S/c1-17-3-4-20(15-18(17)2)29(27,28)23-10-7-21(26)25-13-11-24(12-14-25)16-19-5-8-22-9-6-19/h3-6,8-9,15,23H,7,10-14,16H2,1-2H3. The Morgan fingerprint density at radius 3 is 2.38 bits per heavy atom. The van der Waals surface area contributed by atoms with E-state index in [0.717, 1.165) is 30.8 Å².